The van der Waals surface area contributed by atoms with Gasteiger partial charge in [0.2, 0.25) is 0 Å². The fourth-order valence-electron chi connectivity index (χ4n) is 1.79. The van der Waals surface area contributed by atoms with Crippen LogP contribution in [0.2, 0.25) is 0 Å². The first-order valence-electron chi connectivity index (χ1n) is 5.83. The van der Waals surface area contributed by atoms with Crippen molar-refractivity contribution in [3.8, 4) is 22.8 Å². The van der Waals surface area contributed by atoms with Gasteiger partial charge in [0.05, 0.1) is 22.8 Å². The maximum absolute atomic E-state index is 4.62. The summed E-state index contributed by atoms with van der Waals surface area (Å²) in [5.41, 5.74) is 3.35. The summed E-state index contributed by atoms with van der Waals surface area (Å²) in [6.07, 6.45) is 3.52. The van der Waals surface area contributed by atoms with Gasteiger partial charge < -0.3 is 0 Å². The molecule has 3 aromatic rings. The number of aromatic nitrogens is 3. The minimum atomic E-state index is 0.829. The molecular weight excluding hydrogens is 302 g/mol. The first-order valence-corrected chi connectivity index (χ1v) is 6.62. The number of halogens is 1. The van der Waals surface area contributed by atoms with Crippen LogP contribution in [0.1, 0.15) is 0 Å². The fraction of sp³-hybridized carbons (Fsp3) is 0. The van der Waals surface area contributed by atoms with Crippen molar-refractivity contribution in [2.24, 2.45) is 0 Å². The van der Waals surface area contributed by atoms with E-state index in [0.29, 0.717) is 0 Å². The van der Waals surface area contributed by atoms with Crippen LogP contribution in [0.5, 0.6) is 0 Å². The summed E-state index contributed by atoms with van der Waals surface area (Å²) in [5, 5.41) is 0. The zero-order chi connectivity index (χ0) is 13.1. The van der Waals surface area contributed by atoms with E-state index >= 15 is 0 Å². The van der Waals surface area contributed by atoms with Crippen molar-refractivity contribution >= 4 is 15.9 Å². The van der Waals surface area contributed by atoms with Gasteiger partial charge in [-0.2, -0.15) is 0 Å². The van der Waals surface area contributed by atoms with Gasteiger partial charge in [0.25, 0.3) is 0 Å². The quantitative estimate of drug-likeness (QED) is 0.719. The highest BCUT2D eigenvalue weighted by Gasteiger charge is 2.07. The van der Waals surface area contributed by atoms with Crippen molar-refractivity contribution < 1.29 is 0 Å². The fourth-order valence-corrected chi connectivity index (χ4v) is 2.22. The average molecular weight is 312 g/mol. The van der Waals surface area contributed by atoms with E-state index < -0.39 is 0 Å². The lowest BCUT2D eigenvalue weighted by atomic mass is 10.2. The van der Waals surface area contributed by atoms with Crippen molar-refractivity contribution in [2.45, 2.75) is 0 Å². The Balaban J connectivity index is 2.12. The molecule has 0 atom stereocenters. The van der Waals surface area contributed by atoms with Crippen LogP contribution in [0.25, 0.3) is 22.8 Å². The largest absolute Gasteiger partial charge is 0.255 e. The molecule has 3 rings (SSSR count). The Morgan fingerprint density at radius 1 is 0.684 bits per heavy atom. The number of hydrogen-bond acceptors (Lipinski definition) is 3. The molecule has 0 saturated heterocycles. The molecular formula is C15H10BrN3. The molecule has 3 nitrogen and oxygen atoms in total. The number of rotatable bonds is 2. The van der Waals surface area contributed by atoms with Gasteiger partial charge >= 0.3 is 0 Å². The first-order chi connectivity index (χ1) is 9.33. The Morgan fingerprint density at radius 2 is 1.21 bits per heavy atom. The molecule has 4 heteroatoms. The molecule has 0 saturated carbocycles. The van der Waals surface area contributed by atoms with E-state index in [1.807, 2.05) is 48.5 Å². The van der Waals surface area contributed by atoms with Crippen molar-refractivity contribution in [3.05, 3.63) is 65.4 Å². The van der Waals surface area contributed by atoms with Gasteiger partial charge in [0, 0.05) is 16.9 Å². The molecule has 0 amide bonds. The van der Waals surface area contributed by atoms with E-state index in [4.69, 9.17) is 0 Å². The Morgan fingerprint density at radius 3 is 1.63 bits per heavy atom. The topological polar surface area (TPSA) is 38.7 Å². The predicted molar refractivity (Wildman–Crippen MR) is 78.4 cm³/mol. The number of nitrogens with zero attached hydrogens (tertiary/aromatic N) is 3. The van der Waals surface area contributed by atoms with E-state index in [1.165, 1.54) is 0 Å². The lowest BCUT2D eigenvalue weighted by molar-refractivity contribution is 1.21. The summed E-state index contributed by atoms with van der Waals surface area (Å²) in [6.45, 7) is 0. The smallest absolute Gasteiger partial charge is 0.0905 e. The molecule has 0 aliphatic rings. The Kier molecular flexibility index (Phi) is 3.33. The lowest BCUT2D eigenvalue weighted by Gasteiger charge is -2.05. The second-order valence-electron chi connectivity index (χ2n) is 3.99. The second kappa shape index (κ2) is 5.28. The third kappa shape index (κ3) is 2.69. The summed E-state index contributed by atoms with van der Waals surface area (Å²) in [6, 6.07) is 15.5. The molecule has 0 unspecified atom stereocenters. The van der Waals surface area contributed by atoms with Crippen LogP contribution in [0.3, 0.4) is 0 Å². The Hall–Kier alpha value is -2.07. The Bertz CT molecular complexity index is 627. The summed E-state index contributed by atoms with van der Waals surface area (Å²) < 4.78 is 0.962. The van der Waals surface area contributed by atoms with E-state index in [0.717, 1.165) is 27.2 Å². The van der Waals surface area contributed by atoms with Crippen LogP contribution in [0.4, 0.5) is 0 Å². The Labute approximate surface area is 119 Å². The average Bonchev–Trinajstić information content (AvgIpc) is 2.48. The molecule has 3 aromatic heterocycles. The van der Waals surface area contributed by atoms with E-state index in [2.05, 4.69) is 30.9 Å². The van der Waals surface area contributed by atoms with Gasteiger partial charge in [0.1, 0.15) is 0 Å². The van der Waals surface area contributed by atoms with Gasteiger partial charge in [-0.1, -0.05) is 28.1 Å². The summed E-state index contributed by atoms with van der Waals surface area (Å²) in [5.74, 6) is 0. The summed E-state index contributed by atoms with van der Waals surface area (Å²) in [7, 11) is 0. The normalized spacial score (nSPS) is 10.4. The third-order valence-corrected chi connectivity index (χ3v) is 3.10. The van der Waals surface area contributed by atoms with E-state index in [9.17, 15) is 0 Å². The lowest BCUT2D eigenvalue weighted by Crippen LogP contribution is -1.92. The zero-order valence-electron chi connectivity index (χ0n) is 9.99. The molecule has 0 spiro atoms. The SMILES string of the molecule is Brc1cc(-c2ccccn2)nc(-c2ccccn2)c1. The van der Waals surface area contributed by atoms with E-state index in [-0.39, 0.29) is 0 Å². The minimum Gasteiger partial charge on any atom is -0.255 e. The van der Waals surface area contributed by atoms with Crippen LogP contribution < -0.4 is 0 Å². The van der Waals surface area contributed by atoms with Crippen LogP contribution in [0, 0.1) is 0 Å². The van der Waals surface area contributed by atoms with Gasteiger partial charge in [-0.15, -0.1) is 0 Å². The molecule has 19 heavy (non-hydrogen) atoms. The van der Waals surface area contributed by atoms with Crippen molar-refractivity contribution in [1.29, 1.82) is 0 Å². The molecule has 0 aromatic carbocycles. The van der Waals surface area contributed by atoms with Crippen LogP contribution in [-0.4, -0.2) is 15.0 Å². The summed E-state index contributed by atoms with van der Waals surface area (Å²) >= 11 is 3.51. The molecule has 0 bridgehead atoms. The van der Waals surface area contributed by atoms with Gasteiger partial charge in [-0.3, -0.25) is 9.97 Å². The number of hydrogen-bond donors (Lipinski definition) is 0. The zero-order valence-corrected chi connectivity index (χ0v) is 11.6. The monoisotopic (exact) mass is 311 g/mol. The van der Waals surface area contributed by atoms with Gasteiger partial charge in [-0.25, -0.2) is 4.98 Å². The standard InChI is InChI=1S/C15H10BrN3/c16-11-9-14(12-5-1-3-7-17-12)19-15(10-11)13-6-2-4-8-18-13/h1-10H. The highest BCUT2D eigenvalue weighted by Crippen LogP contribution is 2.24. The maximum Gasteiger partial charge on any atom is 0.0905 e. The van der Waals surface area contributed by atoms with Crippen molar-refractivity contribution in [2.75, 3.05) is 0 Å². The van der Waals surface area contributed by atoms with E-state index in [1.54, 1.807) is 12.4 Å². The van der Waals surface area contributed by atoms with Crippen molar-refractivity contribution in [1.82, 2.24) is 15.0 Å². The third-order valence-electron chi connectivity index (χ3n) is 2.64. The molecule has 0 aliphatic heterocycles. The van der Waals surface area contributed by atoms with Crippen LogP contribution in [0.15, 0.2) is 65.4 Å². The molecule has 0 radical (unpaired) electrons. The van der Waals surface area contributed by atoms with Crippen molar-refractivity contribution in [3.63, 3.8) is 0 Å². The predicted octanol–water partition coefficient (Wildman–Crippen LogP) is 3.97. The van der Waals surface area contributed by atoms with Crippen LogP contribution >= 0.6 is 15.9 Å². The molecule has 92 valence electrons. The highest BCUT2D eigenvalue weighted by molar-refractivity contribution is 9.10. The second-order valence-corrected chi connectivity index (χ2v) is 4.90. The van der Waals surface area contributed by atoms with Crippen LogP contribution in [-0.2, 0) is 0 Å². The molecule has 3 heterocycles. The first kappa shape index (κ1) is 12.0. The van der Waals surface area contributed by atoms with Gasteiger partial charge in [-0.05, 0) is 36.4 Å². The minimum absolute atomic E-state index is 0.829. The maximum atomic E-state index is 4.62. The highest BCUT2D eigenvalue weighted by atomic mass is 79.9. The molecule has 0 N–H and O–H groups in total. The summed E-state index contributed by atoms with van der Waals surface area (Å²) in [4.78, 5) is 13.3. The van der Waals surface area contributed by atoms with Gasteiger partial charge in [0.15, 0.2) is 0 Å². The number of pyridine rings is 3. The molecule has 0 aliphatic carbocycles. The molecule has 0 fully saturated rings.